The van der Waals surface area contributed by atoms with Crippen molar-refractivity contribution in [2.45, 2.75) is 58.0 Å². The van der Waals surface area contributed by atoms with Gasteiger partial charge in [0.25, 0.3) is 0 Å². The molecule has 2 heterocycles. The van der Waals surface area contributed by atoms with E-state index in [9.17, 15) is 9.59 Å². The monoisotopic (exact) mass is 359 g/mol. The van der Waals surface area contributed by atoms with Gasteiger partial charge in [-0.25, -0.2) is 9.97 Å². The van der Waals surface area contributed by atoms with E-state index in [-0.39, 0.29) is 23.8 Å². The van der Waals surface area contributed by atoms with Crippen LogP contribution in [-0.2, 0) is 16.1 Å². The fourth-order valence-electron chi connectivity index (χ4n) is 4.09. The highest BCUT2D eigenvalue weighted by molar-refractivity contribution is 5.78. The Morgan fingerprint density at radius 3 is 2.62 bits per heavy atom. The lowest BCUT2D eigenvalue weighted by Gasteiger charge is -2.24. The van der Waals surface area contributed by atoms with Gasteiger partial charge in [0.1, 0.15) is 5.82 Å². The first-order valence-corrected chi connectivity index (χ1v) is 9.57. The highest BCUT2D eigenvalue weighted by atomic mass is 16.2. The molecule has 2 fully saturated rings. The van der Waals surface area contributed by atoms with Crippen molar-refractivity contribution in [3.63, 3.8) is 0 Å². The lowest BCUT2D eigenvalue weighted by Crippen LogP contribution is -2.32. The molecule has 142 valence electrons. The average Bonchev–Trinajstić information content (AvgIpc) is 3.32. The first-order chi connectivity index (χ1) is 12.5. The van der Waals surface area contributed by atoms with Crippen LogP contribution in [0.5, 0.6) is 0 Å². The van der Waals surface area contributed by atoms with Gasteiger partial charge < -0.3 is 15.1 Å². The predicted molar refractivity (Wildman–Crippen MR) is 99.4 cm³/mol. The summed E-state index contributed by atoms with van der Waals surface area (Å²) in [5, 5.41) is 3.07. The molecule has 2 aliphatic rings. The molecule has 7 heteroatoms. The molecule has 0 bridgehead atoms. The standard InChI is InChI=1S/C19H29N5O2/c1-13(25)24-10-6-9-16(24)18-21-15(11-17(20-2)22-18)12-23(3)19(26)14-7-4-5-8-14/h11,14,16H,4-10,12H2,1-3H3,(H,20,21,22)/t16-/m0/s1. The van der Waals surface area contributed by atoms with E-state index in [1.54, 1.807) is 11.8 Å². The van der Waals surface area contributed by atoms with Crippen molar-refractivity contribution < 1.29 is 9.59 Å². The van der Waals surface area contributed by atoms with Gasteiger partial charge in [-0.3, -0.25) is 9.59 Å². The number of nitrogens with zero attached hydrogens (tertiary/aromatic N) is 4. The summed E-state index contributed by atoms with van der Waals surface area (Å²) in [7, 11) is 3.67. The van der Waals surface area contributed by atoms with E-state index in [4.69, 9.17) is 4.98 Å². The van der Waals surface area contributed by atoms with Crippen LogP contribution in [0.4, 0.5) is 5.82 Å². The molecular weight excluding hydrogens is 330 g/mol. The summed E-state index contributed by atoms with van der Waals surface area (Å²) in [6.07, 6.45) is 6.13. The Morgan fingerprint density at radius 2 is 1.96 bits per heavy atom. The second kappa shape index (κ2) is 8.01. The second-order valence-electron chi connectivity index (χ2n) is 7.40. The number of carbonyl (C=O) groups is 2. The van der Waals surface area contributed by atoms with Crippen LogP contribution in [0.15, 0.2) is 6.07 Å². The third-order valence-electron chi connectivity index (χ3n) is 5.49. The minimum Gasteiger partial charge on any atom is -0.373 e. The molecule has 1 N–H and O–H groups in total. The number of anilines is 1. The molecule has 1 atom stereocenters. The van der Waals surface area contributed by atoms with Gasteiger partial charge in [0.2, 0.25) is 11.8 Å². The Balaban J connectivity index is 1.79. The highest BCUT2D eigenvalue weighted by Crippen LogP contribution is 2.31. The summed E-state index contributed by atoms with van der Waals surface area (Å²) in [5.74, 6) is 1.82. The van der Waals surface area contributed by atoms with Crippen LogP contribution < -0.4 is 5.32 Å². The van der Waals surface area contributed by atoms with Gasteiger partial charge in [-0.05, 0) is 25.7 Å². The molecule has 1 aromatic rings. The van der Waals surface area contributed by atoms with Crippen molar-refractivity contribution in [2.24, 2.45) is 5.92 Å². The molecule has 1 saturated heterocycles. The van der Waals surface area contributed by atoms with Crippen LogP contribution in [0.1, 0.15) is 63.0 Å². The first-order valence-electron chi connectivity index (χ1n) is 9.57. The van der Waals surface area contributed by atoms with Crippen molar-refractivity contribution in [1.29, 1.82) is 0 Å². The zero-order chi connectivity index (χ0) is 18.7. The molecular formula is C19H29N5O2. The number of rotatable bonds is 5. The molecule has 0 radical (unpaired) electrons. The summed E-state index contributed by atoms with van der Waals surface area (Å²) >= 11 is 0. The Morgan fingerprint density at radius 1 is 1.23 bits per heavy atom. The van der Waals surface area contributed by atoms with E-state index in [0.29, 0.717) is 12.4 Å². The fraction of sp³-hybridized carbons (Fsp3) is 0.684. The maximum Gasteiger partial charge on any atom is 0.225 e. The van der Waals surface area contributed by atoms with E-state index in [1.807, 2.05) is 25.1 Å². The van der Waals surface area contributed by atoms with E-state index in [2.05, 4.69) is 10.3 Å². The van der Waals surface area contributed by atoms with Crippen LogP contribution >= 0.6 is 0 Å². The number of aromatic nitrogens is 2. The second-order valence-corrected chi connectivity index (χ2v) is 7.40. The summed E-state index contributed by atoms with van der Waals surface area (Å²) in [6.45, 7) is 2.81. The topological polar surface area (TPSA) is 78.4 Å². The minimum absolute atomic E-state index is 0.0565. The zero-order valence-electron chi connectivity index (χ0n) is 16.0. The van der Waals surface area contributed by atoms with Crippen molar-refractivity contribution in [3.05, 3.63) is 17.6 Å². The van der Waals surface area contributed by atoms with Gasteiger partial charge in [0.15, 0.2) is 5.82 Å². The quantitative estimate of drug-likeness (QED) is 0.873. The first kappa shape index (κ1) is 18.6. The van der Waals surface area contributed by atoms with Crippen LogP contribution in [0.3, 0.4) is 0 Å². The number of likely N-dealkylation sites (tertiary alicyclic amines) is 1. The summed E-state index contributed by atoms with van der Waals surface area (Å²) in [5.41, 5.74) is 0.809. The molecule has 3 rings (SSSR count). The molecule has 7 nitrogen and oxygen atoms in total. The van der Waals surface area contributed by atoms with Crippen LogP contribution in [0, 0.1) is 5.92 Å². The van der Waals surface area contributed by atoms with Gasteiger partial charge >= 0.3 is 0 Å². The molecule has 2 amide bonds. The number of hydrogen-bond donors (Lipinski definition) is 1. The van der Waals surface area contributed by atoms with E-state index in [1.165, 1.54) is 0 Å². The smallest absolute Gasteiger partial charge is 0.225 e. The predicted octanol–water partition coefficient (Wildman–Crippen LogP) is 2.35. The summed E-state index contributed by atoms with van der Waals surface area (Å²) in [6, 6.07) is 1.81. The zero-order valence-corrected chi connectivity index (χ0v) is 16.0. The highest BCUT2D eigenvalue weighted by Gasteiger charge is 2.31. The Hall–Kier alpha value is -2.18. The van der Waals surface area contributed by atoms with Crippen LogP contribution in [-0.4, -0.2) is 52.2 Å². The van der Waals surface area contributed by atoms with Crippen molar-refractivity contribution in [3.8, 4) is 0 Å². The van der Waals surface area contributed by atoms with E-state index >= 15 is 0 Å². The SMILES string of the molecule is CNc1cc(CN(C)C(=O)C2CCCC2)nc([C@@H]2CCCN2C(C)=O)n1. The van der Waals surface area contributed by atoms with Crippen molar-refractivity contribution >= 4 is 17.6 Å². The molecule has 1 aliphatic heterocycles. The lowest BCUT2D eigenvalue weighted by atomic mass is 10.1. The van der Waals surface area contributed by atoms with Gasteiger partial charge in [-0.1, -0.05) is 12.8 Å². The maximum absolute atomic E-state index is 12.6. The molecule has 0 unspecified atom stereocenters. The number of amides is 2. The fourth-order valence-corrected chi connectivity index (χ4v) is 4.09. The van der Waals surface area contributed by atoms with Crippen LogP contribution in [0.2, 0.25) is 0 Å². The minimum atomic E-state index is -0.0737. The molecule has 0 spiro atoms. The number of nitrogens with one attached hydrogen (secondary N) is 1. The number of carbonyl (C=O) groups excluding carboxylic acids is 2. The number of hydrogen-bond acceptors (Lipinski definition) is 5. The van der Waals surface area contributed by atoms with Gasteiger partial charge in [0, 0.05) is 39.5 Å². The van der Waals surface area contributed by atoms with E-state index in [0.717, 1.165) is 56.6 Å². The van der Waals surface area contributed by atoms with Crippen LogP contribution in [0.25, 0.3) is 0 Å². The lowest BCUT2D eigenvalue weighted by molar-refractivity contribution is -0.134. The molecule has 1 aromatic heterocycles. The Kier molecular flexibility index (Phi) is 5.74. The molecule has 1 saturated carbocycles. The Bertz CT molecular complexity index is 672. The molecule has 26 heavy (non-hydrogen) atoms. The van der Waals surface area contributed by atoms with Crippen molar-refractivity contribution in [1.82, 2.24) is 19.8 Å². The molecule has 0 aromatic carbocycles. The molecule has 1 aliphatic carbocycles. The summed E-state index contributed by atoms with van der Waals surface area (Å²) in [4.78, 5) is 37.4. The third kappa shape index (κ3) is 3.97. The normalized spacial score (nSPS) is 20.4. The maximum atomic E-state index is 12.6. The van der Waals surface area contributed by atoms with Crippen molar-refractivity contribution in [2.75, 3.05) is 26.0 Å². The summed E-state index contributed by atoms with van der Waals surface area (Å²) < 4.78 is 0. The van der Waals surface area contributed by atoms with Gasteiger partial charge in [-0.2, -0.15) is 0 Å². The third-order valence-corrected chi connectivity index (χ3v) is 5.49. The Labute approximate surface area is 155 Å². The van der Waals surface area contributed by atoms with E-state index < -0.39 is 0 Å². The largest absolute Gasteiger partial charge is 0.373 e. The van der Waals surface area contributed by atoms with Gasteiger partial charge in [0.05, 0.1) is 18.3 Å². The van der Waals surface area contributed by atoms with Gasteiger partial charge in [-0.15, -0.1) is 0 Å². The average molecular weight is 359 g/mol.